The number of nitrogens with zero attached hydrogens (tertiary/aromatic N) is 1. The molecule has 0 saturated carbocycles. The SMILES string of the molecule is CCN(CC)S(=O)(=O)c1cc(C(=O)Nc2cccc(Cl)c2Cl)ccc1Cl. The van der Waals surface area contributed by atoms with Gasteiger partial charge in [0, 0.05) is 18.7 Å². The Bertz CT molecular complexity index is 929. The number of hydrogen-bond donors (Lipinski definition) is 1. The summed E-state index contributed by atoms with van der Waals surface area (Å²) in [5.41, 5.74) is 0.462. The Morgan fingerprint density at radius 1 is 1.04 bits per heavy atom. The average molecular weight is 436 g/mol. The van der Waals surface area contributed by atoms with Gasteiger partial charge in [-0.05, 0) is 30.3 Å². The third-order valence-corrected chi connectivity index (χ3v) is 7.07. The van der Waals surface area contributed by atoms with Gasteiger partial charge >= 0.3 is 0 Å². The maximum absolute atomic E-state index is 12.7. The van der Waals surface area contributed by atoms with E-state index in [0.29, 0.717) is 23.8 Å². The van der Waals surface area contributed by atoms with Crippen molar-refractivity contribution in [1.82, 2.24) is 4.31 Å². The molecular weight excluding hydrogens is 419 g/mol. The number of carbonyl (C=O) groups excluding carboxylic acids is 1. The van der Waals surface area contributed by atoms with Crippen molar-refractivity contribution in [3.8, 4) is 0 Å². The maximum Gasteiger partial charge on any atom is 0.255 e. The van der Waals surface area contributed by atoms with Crippen LogP contribution in [-0.4, -0.2) is 31.7 Å². The number of carbonyl (C=O) groups is 1. The Morgan fingerprint density at radius 2 is 1.69 bits per heavy atom. The quantitative estimate of drug-likeness (QED) is 0.699. The third-order valence-electron chi connectivity index (χ3n) is 3.72. The van der Waals surface area contributed by atoms with E-state index >= 15 is 0 Å². The summed E-state index contributed by atoms with van der Waals surface area (Å²) < 4.78 is 26.7. The molecule has 0 atom stereocenters. The molecule has 1 amide bonds. The number of nitrogens with one attached hydrogen (secondary N) is 1. The Hall–Kier alpha value is -1.31. The fourth-order valence-corrected chi connectivity index (χ4v) is 4.65. The molecule has 2 aromatic carbocycles. The number of sulfonamides is 1. The van der Waals surface area contributed by atoms with Crippen LogP contribution >= 0.6 is 34.8 Å². The number of rotatable bonds is 6. The maximum atomic E-state index is 12.7. The van der Waals surface area contributed by atoms with Crippen LogP contribution in [0.15, 0.2) is 41.3 Å². The highest BCUT2D eigenvalue weighted by Gasteiger charge is 2.25. The molecule has 0 bridgehead atoms. The molecule has 26 heavy (non-hydrogen) atoms. The summed E-state index contributed by atoms with van der Waals surface area (Å²) in [7, 11) is -3.80. The summed E-state index contributed by atoms with van der Waals surface area (Å²) in [5, 5.41) is 3.16. The van der Waals surface area contributed by atoms with Crippen molar-refractivity contribution in [2.45, 2.75) is 18.7 Å². The lowest BCUT2D eigenvalue weighted by Crippen LogP contribution is -2.31. The number of anilines is 1. The monoisotopic (exact) mass is 434 g/mol. The Morgan fingerprint density at radius 3 is 2.31 bits per heavy atom. The van der Waals surface area contributed by atoms with Gasteiger partial charge in [0.1, 0.15) is 4.90 Å². The summed E-state index contributed by atoms with van der Waals surface area (Å²) in [5.74, 6) is -0.526. The minimum absolute atomic E-state index is 0.0502. The largest absolute Gasteiger partial charge is 0.321 e. The van der Waals surface area contributed by atoms with Gasteiger partial charge in [0.05, 0.1) is 20.8 Å². The average Bonchev–Trinajstić information content (AvgIpc) is 2.60. The second-order valence-corrected chi connectivity index (χ2v) is 8.39. The first-order valence-corrected chi connectivity index (χ1v) is 10.3. The molecular formula is C17H17Cl3N2O3S. The van der Waals surface area contributed by atoms with Crippen molar-refractivity contribution in [2.24, 2.45) is 0 Å². The highest BCUT2D eigenvalue weighted by atomic mass is 35.5. The van der Waals surface area contributed by atoms with Gasteiger partial charge in [-0.3, -0.25) is 4.79 Å². The van der Waals surface area contributed by atoms with Gasteiger partial charge in [-0.1, -0.05) is 54.7 Å². The predicted octanol–water partition coefficient (Wildman–Crippen LogP) is 4.93. The molecule has 2 aromatic rings. The Kier molecular flexibility index (Phi) is 6.93. The lowest BCUT2D eigenvalue weighted by molar-refractivity contribution is 0.102. The van der Waals surface area contributed by atoms with Gasteiger partial charge in [0.25, 0.3) is 5.91 Å². The van der Waals surface area contributed by atoms with E-state index in [-0.39, 0.29) is 20.5 Å². The van der Waals surface area contributed by atoms with Crippen LogP contribution < -0.4 is 5.32 Å². The zero-order valence-electron chi connectivity index (χ0n) is 14.1. The zero-order valence-corrected chi connectivity index (χ0v) is 17.2. The number of halogens is 3. The summed E-state index contributed by atoms with van der Waals surface area (Å²) in [6, 6.07) is 8.90. The van der Waals surface area contributed by atoms with Crippen LogP contribution in [0.1, 0.15) is 24.2 Å². The van der Waals surface area contributed by atoms with Crippen LogP contribution in [0.3, 0.4) is 0 Å². The van der Waals surface area contributed by atoms with Gasteiger partial charge in [-0.2, -0.15) is 4.31 Å². The van der Waals surface area contributed by atoms with Crippen LogP contribution in [0.25, 0.3) is 0 Å². The van der Waals surface area contributed by atoms with Gasteiger partial charge in [-0.15, -0.1) is 0 Å². The second-order valence-electron chi connectivity index (χ2n) is 5.29. The molecule has 2 rings (SSSR count). The molecule has 0 heterocycles. The van der Waals surface area contributed by atoms with Crippen LogP contribution in [0.5, 0.6) is 0 Å². The molecule has 0 fully saturated rings. The number of benzene rings is 2. The highest BCUT2D eigenvalue weighted by Crippen LogP contribution is 2.30. The Labute approximate surface area is 167 Å². The van der Waals surface area contributed by atoms with Crippen molar-refractivity contribution < 1.29 is 13.2 Å². The first-order chi connectivity index (χ1) is 12.2. The van der Waals surface area contributed by atoms with Gasteiger partial charge < -0.3 is 5.32 Å². The van der Waals surface area contributed by atoms with Crippen LogP contribution in [0.2, 0.25) is 15.1 Å². The van der Waals surface area contributed by atoms with E-state index < -0.39 is 15.9 Å². The van der Waals surface area contributed by atoms with E-state index in [1.165, 1.54) is 22.5 Å². The molecule has 0 saturated heterocycles. The van der Waals surface area contributed by atoms with E-state index in [9.17, 15) is 13.2 Å². The van der Waals surface area contributed by atoms with Crippen LogP contribution in [-0.2, 0) is 10.0 Å². The molecule has 0 aromatic heterocycles. The summed E-state index contributed by atoms with van der Waals surface area (Å²) in [6.07, 6.45) is 0. The van der Waals surface area contributed by atoms with E-state index in [1.807, 2.05) is 0 Å². The fraction of sp³-hybridized carbons (Fsp3) is 0.235. The lowest BCUT2D eigenvalue weighted by Gasteiger charge is -2.19. The topological polar surface area (TPSA) is 66.5 Å². The predicted molar refractivity (Wildman–Crippen MR) is 106 cm³/mol. The normalized spacial score (nSPS) is 11.6. The molecule has 0 radical (unpaired) electrons. The minimum atomic E-state index is -3.80. The van der Waals surface area contributed by atoms with Crippen LogP contribution in [0, 0.1) is 0 Å². The van der Waals surface area contributed by atoms with E-state index in [0.717, 1.165) is 0 Å². The molecule has 140 valence electrons. The first-order valence-electron chi connectivity index (χ1n) is 7.77. The van der Waals surface area contributed by atoms with Crippen molar-refractivity contribution in [2.75, 3.05) is 18.4 Å². The molecule has 0 unspecified atom stereocenters. The summed E-state index contributed by atoms with van der Waals surface area (Å²) >= 11 is 18.1. The number of amides is 1. The standard InChI is InChI=1S/C17H17Cl3N2O3S/c1-3-22(4-2)26(24,25)15-10-11(8-9-12(15)18)17(23)21-14-7-5-6-13(19)16(14)20/h5-10H,3-4H2,1-2H3,(H,21,23). The van der Waals surface area contributed by atoms with Crippen molar-refractivity contribution >= 4 is 56.4 Å². The number of hydrogen-bond acceptors (Lipinski definition) is 3. The van der Waals surface area contributed by atoms with E-state index in [4.69, 9.17) is 34.8 Å². The van der Waals surface area contributed by atoms with Crippen molar-refractivity contribution in [1.29, 1.82) is 0 Å². The van der Waals surface area contributed by atoms with E-state index in [1.54, 1.807) is 32.0 Å². The highest BCUT2D eigenvalue weighted by molar-refractivity contribution is 7.89. The molecule has 1 N–H and O–H groups in total. The first kappa shape index (κ1) is 21.0. The Balaban J connectivity index is 2.40. The minimum Gasteiger partial charge on any atom is -0.321 e. The second kappa shape index (κ2) is 8.59. The van der Waals surface area contributed by atoms with Gasteiger partial charge in [-0.25, -0.2) is 8.42 Å². The lowest BCUT2D eigenvalue weighted by atomic mass is 10.2. The van der Waals surface area contributed by atoms with Crippen LogP contribution in [0.4, 0.5) is 5.69 Å². The smallest absolute Gasteiger partial charge is 0.255 e. The van der Waals surface area contributed by atoms with E-state index in [2.05, 4.69) is 5.32 Å². The molecule has 0 aliphatic carbocycles. The molecule has 0 spiro atoms. The summed E-state index contributed by atoms with van der Waals surface area (Å²) in [6.45, 7) is 4.05. The molecule has 0 aliphatic heterocycles. The zero-order chi connectivity index (χ0) is 19.5. The van der Waals surface area contributed by atoms with Gasteiger partial charge in [0.2, 0.25) is 10.0 Å². The van der Waals surface area contributed by atoms with Gasteiger partial charge in [0.15, 0.2) is 0 Å². The summed E-state index contributed by atoms with van der Waals surface area (Å²) in [4.78, 5) is 12.4. The third kappa shape index (κ3) is 4.32. The molecule has 0 aliphatic rings. The van der Waals surface area contributed by atoms with Crippen molar-refractivity contribution in [3.05, 3.63) is 57.0 Å². The van der Waals surface area contributed by atoms with Crippen molar-refractivity contribution in [3.63, 3.8) is 0 Å². The molecule has 5 nitrogen and oxygen atoms in total. The fourth-order valence-electron chi connectivity index (χ4n) is 2.34. The molecule has 9 heteroatoms.